The fourth-order valence-electron chi connectivity index (χ4n) is 2.87. The average Bonchev–Trinajstić information content (AvgIpc) is 3.14. The molecule has 4 nitrogen and oxygen atoms in total. The minimum Gasteiger partial charge on any atom is -0.377 e. The highest BCUT2D eigenvalue weighted by atomic mass is 35.5. The maximum Gasteiger partial charge on any atom is 0.132 e. The molecule has 1 saturated heterocycles. The summed E-state index contributed by atoms with van der Waals surface area (Å²) in [7, 11) is 0. The van der Waals surface area contributed by atoms with Crippen molar-refractivity contribution < 1.29 is 4.74 Å². The third-order valence-corrected chi connectivity index (χ3v) is 5.23. The normalized spacial score (nSPS) is 17.6. The van der Waals surface area contributed by atoms with Crippen molar-refractivity contribution in [1.29, 1.82) is 0 Å². The van der Waals surface area contributed by atoms with Crippen molar-refractivity contribution in [2.24, 2.45) is 0 Å². The molecule has 0 amide bonds. The highest BCUT2D eigenvalue weighted by Gasteiger charge is 2.17. The van der Waals surface area contributed by atoms with Crippen LogP contribution in [0.2, 0.25) is 15.2 Å². The lowest BCUT2D eigenvalue weighted by molar-refractivity contribution is 0.110. The first-order chi connectivity index (χ1) is 11.5. The van der Waals surface area contributed by atoms with Crippen molar-refractivity contribution in [3.63, 3.8) is 0 Å². The van der Waals surface area contributed by atoms with Crippen LogP contribution in [0, 0.1) is 6.92 Å². The van der Waals surface area contributed by atoms with Gasteiger partial charge < -0.3 is 10.1 Å². The predicted molar refractivity (Wildman–Crippen MR) is 98.2 cm³/mol. The molecule has 24 heavy (non-hydrogen) atoms. The topological polar surface area (TPSA) is 39.1 Å². The minimum absolute atomic E-state index is 0.312. The summed E-state index contributed by atoms with van der Waals surface area (Å²) < 4.78 is 7.39. The summed E-state index contributed by atoms with van der Waals surface area (Å²) in [6.45, 7) is 4.87. The number of benzene rings is 1. The van der Waals surface area contributed by atoms with Gasteiger partial charge in [0, 0.05) is 35.3 Å². The van der Waals surface area contributed by atoms with Crippen LogP contribution in [0.4, 0.5) is 0 Å². The van der Waals surface area contributed by atoms with E-state index in [1.54, 1.807) is 10.7 Å². The fourth-order valence-corrected chi connectivity index (χ4v) is 3.64. The Morgan fingerprint density at radius 2 is 2.17 bits per heavy atom. The van der Waals surface area contributed by atoms with Crippen LogP contribution in [0.15, 0.2) is 18.2 Å². The van der Waals surface area contributed by atoms with Crippen molar-refractivity contribution in [2.75, 3.05) is 13.2 Å². The van der Waals surface area contributed by atoms with E-state index in [4.69, 9.17) is 39.5 Å². The van der Waals surface area contributed by atoms with E-state index in [0.29, 0.717) is 34.4 Å². The summed E-state index contributed by atoms with van der Waals surface area (Å²) in [6, 6.07) is 5.44. The van der Waals surface area contributed by atoms with Crippen LogP contribution in [0.3, 0.4) is 0 Å². The second kappa shape index (κ2) is 8.07. The Kier molecular flexibility index (Phi) is 6.06. The van der Waals surface area contributed by atoms with E-state index in [1.165, 1.54) is 0 Å². The molecule has 130 valence electrons. The van der Waals surface area contributed by atoms with Gasteiger partial charge in [-0.15, -0.1) is 0 Å². The van der Waals surface area contributed by atoms with Gasteiger partial charge >= 0.3 is 0 Å². The van der Waals surface area contributed by atoms with E-state index in [1.807, 2.05) is 19.1 Å². The summed E-state index contributed by atoms with van der Waals surface area (Å²) in [4.78, 5) is 0. The molecule has 1 fully saturated rings. The van der Waals surface area contributed by atoms with E-state index in [2.05, 4.69) is 10.4 Å². The van der Waals surface area contributed by atoms with Crippen molar-refractivity contribution >= 4 is 34.8 Å². The first-order valence-corrected chi connectivity index (χ1v) is 9.16. The molecule has 0 bridgehead atoms. The lowest BCUT2D eigenvalue weighted by Gasteiger charge is -2.10. The molecule has 7 heteroatoms. The lowest BCUT2D eigenvalue weighted by Crippen LogP contribution is -2.26. The summed E-state index contributed by atoms with van der Waals surface area (Å²) in [5.74, 6) is 0. The van der Waals surface area contributed by atoms with Gasteiger partial charge in [-0.25, -0.2) is 4.68 Å². The summed E-state index contributed by atoms with van der Waals surface area (Å²) in [6.07, 6.45) is 2.58. The van der Waals surface area contributed by atoms with Gasteiger partial charge in [0.2, 0.25) is 0 Å². The smallest absolute Gasteiger partial charge is 0.132 e. The Balaban J connectivity index is 1.66. The monoisotopic (exact) mass is 387 g/mol. The first-order valence-electron chi connectivity index (χ1n) is 8.02. The Labute approximate surface area is 157 Å². The van der Waals surface area contributed by atoms with Crippen LogP contribution in [-0.2, 0) is 17.8 Å². The number of ether oxygens (including phenoxy) is 1. The van der Waals surface area contributed by atoms with Gasteiger partial charge in [-0.1, -0.05) is 40.9 Å². The van der Waals surface area contributed by atoms with Gasteiger partial charge in [0.25, 0.3) is 0 Å². The van der Waals surface area contributed by atoms with Crippen LogP contribution >= 0.6 is 34.8 Å². The van der Waals surface area contributed by atoms with Gasteiger partial charge in [-0.3, -0.25) is 0 Å². The molecule has 2 aromatic rings. The van der Waals surface area contributed by atoms with Crippen molar-refractivity contribution in [3.8, 4) is 0 Å². The molecule has 2 heterocycles. The molecule has 1 unspecified atom stereocenters. The van der Waals surface area contributed by atoms with Crippen molar-refractivity contribution in [3.05, 3.63) is 50.2 Å². The molecule has 1 aromatic carbocycles. The number of aryl methyl sites for hydroxylation is 1. The molecule has 0 radical (unpaired) electrons. The van der Waals surface area contributed by atoms with Crippen LogP contribution in [0.1, 0.15) is 29.7 Å². The van der Waals surface area contributed by atoms with Gasteiger partial charge in [0.15, 0.2) is 0 Å². The highest BCUT2D eigenvalue weighted by Crippen LogP contribution is 2.25. The number of aromatic nitrogens is 2. The maximum absolute atomic E-state index is 6.52. The zero-order valence-corrected chi connectivity index (χ0v) is 15.8. The number of nitrogens with zero attached hydrogens (tertiary/aromatic N) is 2. The fraction of sp³-hybridized carbons (Fsp3) is 0.471. The molecule has 1 aliphatic heterocycles. The Morgan fingerprint density at radius 3 is 2.88 bits per heavy atom. The average molecular weight is 389 g/mol. The van der Waals surface area contributed by atoms with Gasteiger partial charge in [-0.2, -0.15) is 5.10 Å². The summed E-state index contributed by atoms with van der Waals surface area (Å²) in [5, 5.41) is 9.83. The molecule has 0 spiro atoms. The minimum atomic E-state index is 0.312. The predicted octanol–water partition coefficient (Wildman–Crippen LogP) is 4.47. The van der Waals surface area contributed by atoms with Crippen molar-refractivity contribution in [1.82, 2.24) is 15.1 Å². The molecular formula is C17H20Cl3N3O. The number of hydrogen-bond donors (Lipinski definition) is 1. The van der Waals surface area contributed by atoms with E-state index < -0.39 is 0 Å². The molecule has 0 saturated carbocycles. The van der Waals surface area contributed by atoms with Crippen LogP contribution in [-0.4, -0.2) is 29.0 Å². The van der Waals surface area contributed by atoms with Crippen molar-refractivity contribution in [2.45, 2.75) is 39.0 Å². The Morgan fingerprint density at radius 1 is 1.33 bits per heavy atom. The van der Waals surface area contributed by atoms with E-state index in [0.717, 1.165) is 42.8 Å². The molecule has 1 atom stereocenters. The quantitative estimate of drug-likeness (QED) is 0.793. The largest absolute Gasteiger partial charge is 0.377 e. The molecule has 1 aliphatic rings. The molecule has 0 aliphatic carbocycles. The Hall–Kier alpha value is -0.780. The van der Waals surface area contributed by atoms with Gasteiger partial charge in [0.05, 0.1) is 18.3 Å². The SMILES string of the molecule is Cc1nn(Cc2ccc(Cl)cc2Cl)c(Cl)c1CNCC1CCCO1. The summed E-state index contributed by atoms with van der Waals surface area (Å²) >= 11 is 18.7. The first kappa shape index (κ1) is 18.0. The molecule has 3 rings (SSSR count). The highest BCUT2D eigenvalue weighted by molar-refractivity contribution is 6.35. The van der Waals surface area contributed by atoms with E-state index in [-0.39, 0.29) is 0 Å². The number of hydrogen-bond acceptors (Lipinski definition) is 3. The van der Waals surface area contributed by atoms with E-state index in [9.17, 15) is 0 Å². The molecule has 1 N–H and O–H groups in total. The van der Waals surface area contributed by atoms with Crippen LogP contribution in [0.25, 0.3) is 0 Å². The van der Waals surface area contributed by atoms with Crippen LogP contribution in [0.5, 0.6) is 0 Å². The lowest BCUT2D eigenvalue weighted by atomic mass is 10.2. The standard InChI is InChI=1S/C17H20Cl3N3O/c1-11-15(9-21-8-14-3-2-6-24-14)17(20)23(22-11)10-12-4-5-13(18)7-16(12)19/h4-5,7,14,21H,2-3,6,8-10H2,1H3. The molecule has 1 aromatic heterocycles. The Bertz CT molecular complexity index is 711. The third-order valence-electron chi connectivity index (χ3n) is 4.22. The summed E-state index contributed by atoms with van der Waals surface area (Å²) in [5.41, 5.74) is 2.87. The van der Waals surface area contributed by atoms with Gasteiger partial charge in [0.1, 0.15) is 5.15 Å². The number of nitrogens with one attached hydrogen (secondary N) is 1. The van der Waals surface area contributed by atoms with Crippen LogP contribution < -0.4 is 5.32 Å². The van der Waals surface area contributed by atoms with Gasteiger partial charge in [-0.05, 0) is 37.5 Å². The number of rotatable bonds is 6. The second-order valence-electron chi connectivity index (χ2n) is 6.01. The maximum atomic E-state index is 6.52. The second-order valence-corrected chi connectivity index (χ2v) is 7.22. The number of halogens is 3. The van der Waals surface area contributed by atoms with E-state index >= 15 is 0 Å². The third kappa shape index (κ3) is 4.24. The molecular weight excluding hydrogens is 369 g/mol. The zero-order chi connectivity index (χ0) is 17.1. The zero-order valence-electron chi connectivity index (χ0n) is 13.5.